The average molecular weight is 236 g/mol. The monoisotopic (exact) mass is 236 g/mol. The average Bonchev–Trinajstić information content (AvgIpc) is 2.82. The van der Waals surface area contributed by atoms with Crippen molar-refractivity contribution in [2.75, 3.05) is 19.6 Å². The highest BCUT2D eigenvalue weighted by Crippen LogP contribution is 2.41. The third-order valence-corrected chi connectivity index (χ3v) is 5.40. The molecule has 2 aliphatic heterocycles. The summed E-state index contributed by atoms with van der Waals surface area (Å²) < 4.78 is 0. The van der Waals surface area contributed by atoms with Crippen molar-refractivity contribution in [1.82, 2.24) is 9.80 Å². The molecule has 17 heavy (non-hydrogen) atoms. The molecule has 2 heterocycles. The molecule has 0 bridgehead atoms. The maximum atomic E-state index is 2.85. The van der Waals surface area contributed by atoms with Gasteiger partial charge in [0.15, 0.2) is 0 Å². The van der Waals surface area contributed by atoms with E-state index in [2.05, 4.69) is 30.6 Å². The SMILES string of the molecule is CC1CN2CCCC2CN1C1CCC(C)(C)C1. The predicted octanol–water partition coefficient (Wildman–Crippen LogP) is 2.73. The summed E-state index contributed by atoms with van der Waals surface area (Å²) in [6.07, 6.45) is 7.16. The van der Waals surface area contributed by atoms with E-state index >= 15 is 0 Å². The van der Waals surface area contributed by atoms with Crippen LogP contribution in [0.25, 0.3) is 0 Å². The first kappa shape index (κ1) is 12.0. The van der Waals surface area contributed by atoms with Crippen LogP contribution in [0, 0.1) is 5.41 Å². The Morgan fingerprint density at radius 3 is 2.59 bits per heavy atom. The van der Waals surface area contributed by atoms with Crippen LogP contribution in [0.3, 0.4) is 0 Å². The van der Waals surface area contributed by atoms with Crippen LogP contribution in [0.15, 0.2) is 0 Å². The summed E-state index contributed by atoms with van der Waals surface area (Å²) in [5.74, 6) is 0. The maximum Gasteiger partial charge on any atom is 0.0224 e. The fourth-order valence-corrected chi connectivity index (χ4v) is 4.40. The molecular formula is C15H28N2. The Hall–Kier alpha value is -0.0800. The van der Waals surface area contributed by atoms with Crippen molar-refractivity contribution in [2.24, 2.45) is 5.41 Å². The summed E-state index contributed by atoms with van der Waals surface area (Å²) in [6.45, 7) is 11.4. The molecule has 0 aromatic rings. The van der Waals surface area contributed by atoms with Gasteiger partial charge >= 0.3 is 0 Å². The first-order valence-electron chi connectivity index (χ1n) is 7.55. The molecule has 2 saturated heterocycles. The molecule has 3 fully saturated rings. The van der Waals surface area contributed by atoms with Crippen LogP contribution in [0.2, 0.25) is 0 Å². The van der Waals surface area contributed by atoms with Crippen molar-refractivity contribution in [3.8, 4) is 0 Å². The summed E-state index contributed by atoms with van der Waals surface area (Å²) in [4.78, 5) is 5.59. The van der Waals surface area contributed by atoms with E-state index in [0.717, 1.165) is 18.1 Å². The van der Waals surface area contributed by atoms with Crippen LogP contribution in [0.4, 0.5) is 0 Å². The number of piperazine rings is 1. The van der Waals surface area contributed by atoms with Gasteiger partial charge in [0, 0.05) is 31.2 Å². The van der Waals surface area contributed by atoms with Gasteiger partial charge in [-0.3, -0.25) is 9.80 Å². The lowest BCUT2D eigenvalue weighted by molar-refractivity contribution is 0.0269. The highest BCUT2D eigenvalue weighted by Gasteiger charge is 2.41. The number of rotatable bonds is 1. The van der Waals surface area contributed by atoms with Crippen LogP contribution >= 0.6 is 0 Å². The van der Waals surface area contributed by atoms with Crippen molar-refractivity contribution in [2.45, 2.75) is 71.0 Å². The Balaban J connectivity index is 1.67. The molecule has 1 saturated carbocycles. The molecule has 2 nitrogen and oxygen atoms in total. The summed E-state index contributed by atoms with van der Waals surface area (Å²) in [6, 6.07) is 2.54. The first-order valence-corrected chi connectivity index (χ1v) is 7.55. The van der Waals surface area contributed by atoms with E-state index in [-0.39, 0.29) is 0 Å². The normalized spacial score (nSPS) is 42.9. The fourth-order valence-electron chi connectivity index (χ4n) is 4.40. The van der Waals surface area contributed by atoms with Gasteiger partial charge in [0.25, 0.3) is 0 Å². The van der Waals surface area contributed by atoms with Crippen LogP contribution in [-0.2, 0) is 0 Å². The standard InChI is InChI=1S/C15H28N2/c1-12-10-16-8-4-5-14(16)11-17(12)13-6-7-15(2,3)9-13/h12-14H,4-11H2,1-3H3. The van der Waals surface area contributed by atoms with Gasteiger partial charge in [-0.05, 0) is 51.0 Å². The molecule has 2 heteroatoms. The topological polar surface area (TPSA) is 6.48 Å². The van der Waals surface area contributed by atoms with Crippen molar-refractivity contribution in [1.29, 1.82) is 0 Å². The number of hydrogen-bond acceptors (Lipinski definition) is 2. The fraction of sp³-hybridized carbons (Fsp3) is 1.00. The Morgan fingerprint density at radius 2 is 1.88 bits per heavy atom. The van der Waals surface area contributed by atoms with Crippen molar-refractivity contribution < 1.29 is 0 Å². The molecule has 3 atom stereocenters. The number of hydrogen-bond donors (Lipinski definition) is 0. The second-order valence-electron chi connectivity index (χ2n) is 7.40. The smallest absolute Gasteiger partial charge is 0.0224 e. The first-order chi connectivity index (χ1) is 8.05. The molecule has 0 spiro atoms. The van der Waals surface area contributed by atoms with Gasteiger partial charge in [0.2, 0.25) is 0 Å². The molecule has 1 aliphatic carbocycles. The van der Waals surface area contributed by atoms with E-state index in [9.17, 15) is 0 Å². The minimum Gasteiger partial charge on any atom is -0.298 e. The lowest BCUT2D eigenvalue weighted by Gasteiger charge is -2.45. The summed E-state index contributed by atoms with van der Waals surface area (Å²) in [5, 5.41) is 0. The van der Waals surface area contributed by atoms with E-state index in [0.29, 0.717) is 5.41 Å². The second kappa shape index (κ2) is 4.24. The molecule has 0 aromatic carbocycles. The maximum absolute atomic E-state index is 2.85. The summed E-state index contributed by atoms with van der Waals surface area (Å²) >= 11 is 0. The minimum absolute atomic E-state index is 0.594. The minimum atomic E-state index is 0.594. The van der Waals surface area contributed by atoms with Crippen molar-refractivity contribution in [3.05, 3.63) is 0 Å². The van der Waals surface area contributed by atoms with Crippen LogP contribution < -0.4 is 0 Å². The molecule has 0 radical (unpaired) electrons. The molecule has 0 N–H and O–H groups in total. The van der Waals surface area contributed by atoms with Gasteiger partial charge in [0.05, 0.1) is 0 Å². The van der Waals surface area contributed by atoms with Gasteiger partial charge in [-0.15, -0.1) is 0 Å². The number of nitrogens with zero attached hydrogens (tertiary/aromatic N) is 2. The zero-order chi connectivity index (χ0) is 12.0. The third kappa shape index (κ3) is 2.26. The van der Waals surface area contributed by atoms with E-state index in [1.807, 2.05) is 0 Å². The Morgan fingerprint density at radius 1 is 1.06 bits per heavy atom. The third-order valence-electron chi connectivity index (χ3n) is 5.40. The number of fused-ring (bicyclic) bond motifs is 1. The van der Waals surface area contributed by atoms with Gasteiger partial charge in [-0.1, -0.05) is 13.8 Å². The Labute approximate surface area is 106 Å². The predicted molar refractivity (Wildman–Crippen MR) is 72.2 cm³/mol. The lowest BCUT2D eigenvalue weighted by Crippen LogP contribution is -2.57. The molecule has 3 rings (SSSR count). The molecule has 0 amide bonds. The van der Waals surface area contributed by atoms with E-state index in [1.165, 1.54) is 51.7 Å². The summed E-state index contributed by atoms with van der Waals surface area (Å²) in [5.41, 5.74) is 0.594. The van der Waals surface area contributed by atoms with E-state index in [4.69, 9.17) is 0 Å². The van der Waals surface area contributed by atoms with E-state index < -0.39 is 0 Å². The van der Waals surface area contributed by atoms with Crippen molar-refractivity contribution in [3.63, 3.8) is 0 Å². The van der Waals surface area contributed by atoms with E-state index in [1.54, 1.807) is 0 Å². The Bertz CT molecular complexity index is 287. The van der Waals surface area contributed by atoms with Gasteiger partial charge in [-0.2, -0.15) is 0 Å². The van der Waals surface area contributed by atoms with Gasteiger partial charge < -0.3 is 0 Å². The highest BCUT2D eigenvalue weighted by molar-refractivity contribution is 4.96. The van der Waals surface area contributed by atoms with Crippen molar-refractivity contribution >= 4 is 0 Å². The molecular weight excluding hydrogens is 208 g/mol. The van der Waals surface area contributed by atoms with Crippen LogP contribution in [0.1, 0.15) is 52.9 Å². The zero-order valence-corrected chi connectivity index (χ0v) is 11.8. The van der Waals surface area contributed by atoms with Crippen LogP contribution in [0.5, 0.6) is 0 Å². The molecule has 0 aromatic heterocycles. The lowest BCUT2D eigenvalue weighted by atomic mass is 9.91. The summed E-state index contributed by atoms with van der Waals surface area (Å²) in [7, 11) is 0. The van der Waals surface area contributed by atoms with Gasteiger partial charge in [-0.25, -0.2) is 0 Å². The molecule has 98 valence electrons. The largest absolute Gasteiger partial charge is 0.298 e. The second-order valence-corrected chi connectivity index (χ2v) is 7.40. The van der Waals surface area contributed by atoms with Crippen LogP contribution in [-0.4, -0.2) is 47.6 Å². The zero-order valence-electron chi connectivity index (χ0n) is 11.8. The highest BCUT2D eigenvalue weighted by atomic mass is 15.3. The molecule has 3 unspecified atom stereocenters. The molecule has 3 aliphatic rings. The Kier molecular flexibility index (Phi) is 2.99. The quantitative estimate of drug-likeness (QED) is 0.691. The van der Waals surface area contributed by atoms with Gasteiger partial charge in [0.1, 0.15) is 0 Å².